The van der Waals surface area contributed by atoms with Gasteiger partial charge in [0.15, 0.2) is 0 Å². The monoisotopic (exact) mass is 427 g/mol. The van der Waals surface area contributed by atoms with Crippen molar-refractivity contribution in [1.82, 2.24) is 10.3 Å². The molecule has 4 amide bonds. The van der Waals surface area contributed by atoms with Crippen LogP contribution < -0.4 is 10.2 Å². The molecule has 0 radical (unpaired) electrons. The van der Waals surface area contributed by atoms with Crippen LogP contribution in [0.1, 0.15) is 5.76 Å². The van der Waals surface area contributed by atoms with Crippen molar-refractivity contribution in [3.8, 4) is 11.3 Å². The number of barbiturate groups is 1. The molecule has 1 saturated heterocycles. The number of halogens is 2. The van der Waals surface area contributed by atoms with Crippen LogP contribution in [-0.2, 0) is 9.59 Å². The van der Waals surface area contributed by atoms with Crippen molar-refractivity contribution in [2.45, 2.75) is 0 Å². The first-order valence-corrected chi connectivity index (χ1v) is 9.06. The predicted molar refractivity (Wildman–Crippen MR) is 107 cm³/mol. The van der Waals surface area contributed by atoms with Gasteiger partial charge in [-0.15, -0.1) is 0 Å². The van der Waals surface area contributed by atoms with Crippen LogP contribution in [0.3, 0.4) is 0 Å². The van der Waals surface area contributed by atoms with E-state index in [0.717, 1.165) is 4.90 Å². The molecule has 1 fully saturated rings. The van der Waals surface area contributed by atoms with Gasteiger partial charge in [0.1, 0.15) is 17.1 Å². The Morgan fingerprint density at radius 1 is 1.07 bits per heavy atom. The molecule has 1 aliphatic rings. The number of pyridine rings is 1. The standard InChI is InChI=1S/C20H11Cl2N3O4/c21-11-3-5-14(16(22)8-11)17-6-4-13(29-17)9-15-18(26)24-20(28)25(19(15)27)12-2-1-7-23-10-12/h1-10H,(H,24,26,28)/b15-9-. The van der Waals surface area contributed by atoms with Crippen molar-refractivity contribution in [2.75, 3.05) is 4.90 Å². The van der Waals surface area contributed by atoms with Crippen LogP contribution in [0.5, 0.6) is 0 Å². The molecule has 9 heteroatoms. The number of benzene rings is 1. The molecule has 4 rings (SSSR count). The van der Waals surface area contributed by atoms with Gasteiger partial charge in [-0.2, -0.15) is 0 Å². The van der Waals surface area contributed by atoms with Crippen LogP contribution in [0.15, 0.2) is 64.8 Å². The highest BCUT2D eigenvalue weighted by Crippen LogP contribution is 2.32. The molecule has 29 heavy (non-hydrogen) atoms. The van der Waals surface area contributed by atoms with Crippen LogP contribution in [0.4, 0.5) is 10.5 Å². The lowest BCUT2D eigenvalue weighted by molar-refractivity contribution is -0.122. The summed E-state index contributed by atoms with van der Waals surface area (Å²) in [6.07, 6.45) is 4.11. The first-order chi connectivity index (χ1) is 13.9. The Kier molecular flexibility index (Phi) is 4.92. The normalized spacial score (nSPS) is 15.7. The van der Waals surface area contributed by atoms with E-state index in [1.807, 2.05) is 0 Å². The first-order valence-electron chi connectivity index (χ1n) is 8.31. The summed E-state index contributed by atoms with van der Waals surface area (Å²) in [6, 6.07) is 10.4. The van der Waals surface area contributed by atoms with Gasteiger partial charge in [-0.3, -0.25) is 19.9 Å². The number of anilines is 1. The third-order valence-corrected chi connectivity index (χ3v) is 4.66. The smallest absolute Gasteiger partial charge is 0.336 e. The van der Waals surface area contributed by atoms with Crippen molar-refractivity contribution in [3.63, 3.8) is 0 Å². The first kappa shape index (κ1) is 18.9. The van der Waals surface area contributed by atoms with Gasteiger partial charge >= 0.3 is 6.03 Å². The lowest BCUT2D eigenvalue weighted by Crippen LogP contribution is -2.54. The molecule has 1 aromatic carbocycles. The molecule has 3 heterocycles. The minimum Gasteiger partial charge on any atom is -0.457 e. The van der Waals surface area contributed by atoms with Crippen molar-refractivity contribution in [3.05, 3.63) is 76.2 Å². The second kappa shape index (κ2) is 7.54. The number of amides is 4. The molecule has 0 atom stereocenters. The lowest BCUT2D eigenvalue weighted by Gasteiger charge is -2.25. The number of hydrogen-bond acceptors (Lipinski definition) is 5. The van der Waals surface area contributed by atoms with Gasteiger partial charge in [0.05, 0.1) is 16.9 Å². The lowest BCUT2D eigenvalue weighted by atomic mass is 10.1. The molecular formula is C20H11Cl2N3O4. The van der Waals surface area contributed by atoms with Gasteiger partial charge in [0.25, 0.3) is 11.8 Å². The summed E-state index contributed by atoms with van der Waals surface area (Å²) in [4.78, 5) is 41.9. The zero-order valence-electron chi connectivity index (χ0n) is 14.6. The van der Waals surface area contributed by atoms with E-state index in [1.54, 1.807) is 36.4 Å². The minimum absolute atomic E-state index is 0.237. The fraction of sp³-hybridized carbons (Fsp3) is 0. The highest BCUT2D eigenvalue weighted by Gasteiger charge is 2.37. The molecule has 2 aromatic heterocycles. The molecule has 1 N–H and O–H groups in total. The molecule has 0 unspecified atom stereocenters. The van der Waals surface area contributed by atoms with E-state index in [2.05, 4.69) is 10.3 Å². The second-order valence-electron chi connectivity index (χ2n) is 6.00. The minimum atomic E-state index is -0.849. The Balaban J connectivity index is 1.68. The summed E-state index contributed by atoms with van der Waals surface area (Å²) in [7, 11) is 0. The number of aromatic nitrogens is 1. The van der Waals surface area contributed by atoms with E-state index in [4.69, 9.17) is 27.6 Å². The molecule has 7 nitrogen and oxygen atoms in total. The average molecular weight is 428 g/mol. The van der Waals surface area contributed by atoms with E-state index in [1.165, 1.54) is 24.5 Å². The van der Waals surface area contributed by atoms with Crippen LogP contribution >= 0.6 is 23.2 Å². The number of hydrogen-bond donors (Lipinski definition) is 1. The van der Waals surface area contributed by atoms with Crippen LogP contribution in [0, 0.1) is 0 Å². The summed E-state index contributed by atoms with van der Waals surface area (Å²) >= 11 is 12.1. The van der Waals surface area contributed by atoms with E-state index >= 15 is 0 Å². The summed E-state index contributed by atoms with van der Waals surface area (Å²) in [5, 5.41) is 3.01. The molecule has 1 aliphatic heterocycles. The maximum Gasteiger partial charge on any atom is 0.336 e. The Labute approximate surface area is 174 Å². The topological polar surface area (TPSA) is 92.5 Å². The van der Waals surface area contributed by atoms with Crippen LogP contribution in [0.25, 0.3) is 17.4 Å². The Morgan fingerprint density at radius 2 is 1.90 bits per heavy atom. The zero-order chi connectivity index (χ0) is 20.5. The fourth-order valence-corrected chi connectivity index (χ4v) is 3.29. The molecule has 0 aliphatic carbocycles. The average Bonchev–Trinajstić information content (AvgIpc) is 3.14. The summed E-state index contributed by atoms with van der Waals surface area (Å²) in [6.45, 7) is 0. The Bertz CT molecular complexity index is 1170. The highest BCUT2D eigenvalue weighted by molar-refractivity contribution is 6.39. The highest BCUT2D eigenvalue weighted by atomic mass is 35.5. The molecular weight excluding hydrogens is 417 g/mol. The van der Waals surface area contributed by atoms with E-state index < -0.39 is 17.8 Å². The van der Waals surface area contributed by atoms with E-state index in [0.29, 0.717) is 21.4 Å². The van der Waals surface area contributed by atoms with E-state index in [-0.39, 0.29) is 17.0 Å². The van der Waals surface area contributed by atoms with Gasteiger partial charge in [0, 0.05) is 16.8 Å². The molecule has 0 saturated carbocycles. The summed E-state index contributed by atoms with van der Waals surface area (Å²) in [5.74, 6) is -0.927. The number of nitrogens with zero attached hydrogens (tertiary/aromatic N) is 2. The Hall–Kier alpha value is -3.42. The number of imide groups is 2. The quantitative estimate of drug-likeness (QED) is 0.496. The number of rotatable bonds is 3. The number of nitrogens with one attached hydrogen (secondary N) is 1. The van der Waals surface area contributed by atoms with Gasteiger partial charge in [-0.1, -0.05) is 23.2 Å². The molecule has 144 valence electrons. The number of carbonyl (C=O) groups is 3. The number of furan rings is 1. The third-order valence-electron chi connectivity index (χ3n) is 4.12. The maximum atomic E-state index is 12.8. The molecule has 0 spiro atoms. The molecule has 3 aromatic rings. The zero-order valence-corrected chi connectivity index (χ0v) is 16.1. The second-order valence-corrected chi connectivity index (χ2v) is 6.84. The molecule has 0 bridgehead atoms. The van der Waals surface area contributed by atoms with Crippen LogP contribution in [-0.4, -0.2) is 22.8 Å². The van der Waals surface area contributed by atoms with Crippen LogP contribution in [0.2, 0.25) is 10.0 Å². The summed E-state index contributed by atoms with van der Waals surface area (Å²) in [5.41, 5.74) is 0.588. The summed E-state index contributed by atoms with van der Waals surface area (Å²) < 4.78 is 5.71. The van der Waals surface area contributed by atoms with E-state index in [9.17, 15) is 14.4 Å². The number of carbonyl (C=O) groups excluding carboxylic acids is 3. The third kappa shape index (κ3) is 3.65. The number of urea groups is 1. The van der Waals surface area contributed by atoms with Crippen molar-refractivity contribution < 1.29 is 18.8 Å². The van der Waals surface area contributed by atoms with Gasteiger partial charge in [-0.05, 0) is 48.5 Å². The predicted octanol–water partition coefficient (Wildman–Crippen LogP) is 4.31. The maximum absolute atomic E-state index is 12.8. The van der Waals surface area contributed by atoms with Crippen molar-refractivity contribution in [1.29, 1.82) is 0 Å². The Morgan fingerprint density at radius 3 is 2.62 bits per heavy atom. The van der Waals surface area contributed by atoms with Gasteiger partial charge in [-0.25, -0.2) is 9.69 Å². The van der Waals surface area contributed by atoms with Gasteiger partial charge < -0.3 is 4.42 Å². The fourth-order valence-electron chi connectivity index (χ4n) is 2.78. The van der Waals surface area contributed by atoms with Gasteiger partial charge in [0.2, 0.25) is 0 Å². The van der Waals surface area contributed by atoms with Crippen molar-refractivity contribution >= 4 is 52.8 Å². The van der Waals surface area contributed by atoms with Crippen molar-refractivity contribution in [2.24, 2.45) is 0 Å². The SMILES string of the molecule is O=C1NC(=O)N(c2cccnc2)C(=O)/C1=C\c1ccc(-c2ccc(Cl)cc2Cl)o1. The largest absolute Gasteiger partial charge is 0.457 e.